The molecule has 132 valence electrons. The van der Waals surface area contributed by atoms with Gasteiger partial charge >= 0.3 is 0 Å². The van der Waals surface area contributed by atoms with Gasteiger partial charge in [0.25, 0.3) is 0 Å². The summed E-state index contributed by atoms with van der Waals surface area (Å²) in [5, 5.41) is 0. The number of hydrogen-bond donors (Lipinski definition) is 0. The quantitative estimate of drug-likeness (QED) is 0.812. The summed E-state index contributed by atoms with van der Waals surface area (Å²) >= 11 is 0. The summed E-state index contributed by atoms with van der Waals surface area (Å²) in [6.45, 7) is 9.74. The summed E-state index contributed by atoms with van der Waals surface area (Å²) in [6, 6.07) is 2.07. The molecule has 3 aliphatic heterocycles. The molecule has 6 heteroatoms. The molecule has 3 fully saturated rings. The van der Waals surface area contributed by atoms with Crippen molar-refractivity contribution < 1.29 is 4.74 Å². The van der Waals surface area contributed by atoms with Crippen LogP contribution in [0.15, 0.2) is 12.3 Å². The number of nitrogens with zero attached hydrogens (tertiary/aromatic N) is 5. The van der Waals surface area contributed by atoms with Crippen LogP contribution in [0.3, 0.4) is 0 Å². The number of aromatic nitrogens is 2. The maximum Gasteiger partial charge on any atom is 0.225 e. The highest BCUT2D eigenvalue weighted by Gasteiger charge is 2.23. The molecule has 4 heterocycles. The SMILES string of the molecule is c1cc(CN2CCN(C[C@@H]3CCCO3)CC2)nc(N2CCCC2)n1. The third kappa shape index (κ3) is 4.05. The summed E-state index contributed by atoms with van der Waals surface area (Å²) in [6.07, 6.45) is 7.39. The molecule has 0 aromatic carbocycles. The Balaban J connectivity index is 1.26. The summed E-state index contributed by atoms with van der Waals surface area (Å²) in [7, 11) is 0. The van der Waals surface area contributed by atoms with Gasteiger partial charge in [-0.2, -0.15) is 0 Å². The van der Waals surface area contributed by atoms with Crippen LogP contribution in [0.25, 0.3) is 0 Å². The van der Waals surface area contributed by atoms with Gasteiger partial charge in [0.2, 0.25) is 5.95 Å². The molecule has 4 rings (SSSR count). The normalized spacial score (nSPS) is 26.3. The van der Waals surface area contributed by atoms with E-state index in [-0.39, 0.29) is 0 Å². The second-order valence-electron chi connectivity index (χ2n) is 7.25. The van der Waals surface area contributed by atoms with Crippen molar-refractivity contribution in [1.29, 1.82) is 0 Å². The Bertz CT molecular complexity index is 520. The molecule has 6 nitrogen and oxygen atoms in total. The molecule has 0 bridgehead atoms. The lowest BCUT2D eigenvalue weighted by molar-refractivity contribution is 0.0487. The highest BCUT2D eigenvalue weighted by molar-refractivity contribution is 5.31. The predicted octanol–water partition coefficient (Wildman–Crippen LogP) is 1.37. The summed E-state index contributed by atoms with van der Waals surface area (Å²) in [5.41, 5.74) is 1.15. The molecule has 0 N–H and O–H groups in total. The molecule has 3 aliphatic rings. The van der Waals surface area contributed by atoms with Gasteiger partial charge in [-0.3, -0.25) is 9.80 Å². The van der Waals surface area contributed by atoms with Crippen LogP contribution in [0, 0.1) is 0 Å². The molecule has 0 saturated carbocycles. The standard InChI is InChI=1S/C18H29N5O/c1-2-8-23(7-1)18-19-6-5-16(20-18)14-21-9-11-22(12-10-21)15-17-4-3-13-24-17/h5-6,17H,1-4,7-15H2/t17-/m0/s1. The minimum absolute atomic E-state index is 0.474. The van der Waals surface area contributed by atoms with Crippen molar-refractivity contribution in [3.8, 4) is 0 Å². The van der Waals surface area contributed by atoms with E-state index < -0.39 is 0 Å². The van der Waals surface area contributed by atoms with Gasteiger partial charge in [0.1, 0.15) is 0 Å². The largest absolute Gasteiger partial charge is 0.377 e. The first kappa shape index (κ1) is 16.2. The smallest absolute Gasteiger partial charge is 0.225 e. The molecule has 0 radical (unpaired) electrons. The second-order valence-corrected chi connectivity index (χ2v) is 7.25. The summed E-state index contributed by atoms with van der Waals surface area (Å²) in [5.74, 6) is 0.919. The van der Waals surface area contributed by atoms with Gasteiger partial charge in [0, 0.05) is 65.2 Å². The Morgan fingerprint density at radius 1 is 1.00 bits per heavy atom. The maximum absolute atomic E-state index is 5.76. The van der Waals surface area contributed by atoms with Gasteiger partial charge in [0.05, 0.1) is 11.8 Å². The van der Waals surface area contributed by atoms with Crippen molar-refractivity contribution in [2.75, 3.05) is 57.3 Å². The van der Waals surface area contributed by atoms with Crippen LogP contribution in [0.2, 0.25) is 0 Å². The zero-order chi connectivity index (χ0) is 16.2. The number of anilines is 1. The first-order valence-corrected chi connectivity index (χ1v) is 9.50. The van der Waals surface area contributed by atoms with E-state index in [0.29, 0.717) is 6.10 Å². The second kappa shape index (κ2) is 7.76. The molecule has 1 aromatic heterocycles. The minimum Gasteiger partial charge on any atom is -0.377 e. The molecule has 0 unspecified atom stereocenters. The fourth-order valence-corrected chi connectivity index (χ4v) is 3.98. The van der Waals surface area contributed by atoms with Gasteiger partial charge in [-0.05, 0) is 31.7 Å². The fourth-order valence-electron chi connectivity index (χ4n) is 3.98. The lowest BCUT2D eigenvalue weighted by atomic mass is 10.2. The summed E-state index contributed by atoms with van der Waals surface area (Å²) in [4.78, 5) is 16.6. The zero-order valence-corrected chi connectivity index (χ0v) is 14.6. The maximum atomic E-state index is 5.76. The van der Waals surface area contributed by atoms with Gasteiger partial charge < -0.3 is 9.64 Å². The van der Waals surface area contributed by atoms with Crippen LogP contribution in [-0.4, -0.2) is 78.3 Å². The van der Waals surface area contributed by atoms with E-state index >= 15 is 0 Å². The molecular weight excluding hydrogens is 302 g/mol. The van der Waals surface area contributed by atoms with Crippen LogP contribution < -0.4 is 4.90 Å². The van der Waals surface area contributed by atoms with Crippen molar-refractivity contribution in [3.63, 3.8) is 0 Å². The first-order valence-electron chi connectivity index (χ1n) is 9.50. The number of hydrogen-bond acceptors (Lipinski definition) is 6. The molecular formula is C18H29N5O. The van der Waals surface area contributed by atoms with E-state index in [4.69, 9.17) is 9.72 Å². The highest BCUT2D eigenvalue weighted by atomic mass is 16.5. The van der Waals surface area contributed by atoms with Crippen molar-refractivity contribution in [2.24, 2.45) is 0 Å². The molecule has 1 aromatic rings. The Kier molecular flexibility index (Phi) is 5.25. The average Bonchev–Trinajstić information content (AvgIpc) is 3.30. The number of piperazine rings is 1. The van der Waals surface area contributed by atoms with E-state index in [1.807, 2.05) is 6.20 Å². The van der Waals surface area contributed by atoms with Gasteiger partial charge in [0.15, 0.2) is 0 Å². The predicted molar refractivity (Wildman–Crippen MR) is 94.2 cm³/mol. The van der Waals surface area contributed by atoms with Gasteiger partial charge in [-0.25, -0.2) is 9.97 Å². The van der Waals surface area contributed by atoms with E-state index in [1.54, 1.807) is 0 Å². The lowest BCUT2D eigenvalue weighted by Gasteiger charge is -2.35. The fraction of sp³-hybridized carbons (Fsp3) is 0.778. The Morgan fingerprint density at radius 3 is 2.54 bits per heavy atom. The lowest BCUT2D eigenvalue weighted by Crippen LogP contribution is -2.48. The summed E-state index contributed by atoms with van der Waals surface area (Å²) < 4.78 is 5.76. The molecule has 0 spiro atoms. The Labute approximate surface area is 144 Å². The first-order chi connectivity index (χ1) is 11.9. The van der Waals surface area contributed by atoms with E-state index in [0.717, 1.165) is 70.6 Å². The van der Waals surface area contributed by atoms with Crippen molar-refractivity contribution >= 4 is 5.95 Å². The van der Waals surface area contributed by atoms with Crippen LogP contribution in [0.1, 0.15) is 31.4 Å². The molecule has 0 aliphatic carbocycles. The highest BCUT2D eigenvalue weighted by Crippen LogP contribution is 2.17. The van der Waals surface area contributed by atoms with Crippen LogP contribution in [-0.2, 0) is 11.3 Å². The third-order valence-corrected chi connectivity index (χ3v) is 5.43. The van der Waals surface area contributed by atoms with Crippen LogP contribution in [0.5, 0.6) is 0 Å². The van der Waals surface area contributed by atoms with E-state index in [1.165, 1.54) is 25.7 Å². The number of ether oxygens (including phenoxy) is 1. The Morgan fingerprint density at radius 2 is 1.79 bits per heavy atom. The molecule has 24 heavy (non-hydrogen) atoms. The monoisotopic (exact) mass is 331 g/mol. The molecule has 3 saturated heterocycles. The molecule has 1 atom stereocenters. The van der Waals surface area contributed by atoms with Crippen molar-refractivity contribution in [1.82, 2.24) is 19.8 Å². The van der Waals surface area contributed by atoms with Crippen molar-refractivity contribution in [2.45, 2.75) is 38.3 Å². The number of rotatable bonds is 5. The Hall–Kier alpha value is -1.24. The van der Waals surface area contributed by atoms with E-state index in [2.05, 4.69) is 25.8 Å². The van der Waals surface area contributed by atoms with Crippen LogP contribution >= 0.6 is 0 Å². The van der Waals surface area contributed by atoms with Gasteiger partial charge in [-0.1, -0.05) is 0 Å². The minimum atomic E-state index is 0.474. The molecule has 0 amide bonds. The van der Waals surface area contributed by atoms with Gasteiger partial charge in [-0.15, -0.1) is 0 Å². The topological polar surface area (TPSA) is 44.7 Å². The van der Waals surface area contributed by atoms with Crippen molar-refractivity contribution in [3.05, 3.63) is 18.0 Å². The third-order valence-electron chi connectivity index (χ3n) is 5.43. The zero-order valence-electron chi connectivity index (χ0n) is 14.6. The average molecular weight is 331 g/mol. The van der Waals surface area contributed by atoms with Crippen LogP contribution in [0.4, 0.5) is 5.95 Å². The van der Waals surface area contributed by atoms with E-state index in [9.17, 15) is 0 Å².